The highest BCUT2D eigenvalue weighted by molar-refractivity contribution is 5.00. The lowest BCUT2D eigenvalue weighted by molar-refractivity contribution is 0.0972. The number of aryl methyl sites for hydroxylation is 1. The Morgan fingerprint density at radius 2 is 2.27 bits per heavy atom. The van der Waals surface area contributed by atoms with Crippen LogP contribution in [0.2, 0.25) is 0 Å². The Kier molecular flexibility index (Phi) is 3.88. The van der Waals surface area contributed by atoms with E-state index in [2.05, 4.69) is 10.4 Å². The number of hydrogen-bond acceptors (Lipinski definition) is 3. The van der Waals surface area contributed by atoms with Crippen molar-refractivity contribution in [3.63, 3.8) is 0 Å². The third-order valence-corrected chi connectivity index (χ3v) is 2.93. The van der Waals surface area contributed by atoms with Gasteiger partial charge >= 0.3 is 0 Å². The molecule has 0 amide bonds. The number of rotatable bonds is 5. The van der Waals surface area contributed by atoms with Crippen molar-refractivity contribution in [2.45, 2.75) is 38.8 Å². The monoisotopic (exact) mass is 211 g/mol. The third-order valence-electron chi connectivity index (χ3n) is 2.93. The molecule has 1 heterocycles. The number of aromatic nitrogens is 2. The van der Waals surface area contributed by atoms with Crippen molar-refractivity contribution in [3.05, 3.63) is 18.0 Å². The number of aliphatic hydroxyl groups is 1. The first-order chi connectivity index (χ1) is 6.93. The van der Waals surface area contributed by atoms with Crippen LogP contribution in [-0.4, -0.2) is 33.1 Å². The molecule has 1 atom stereocenters. The molecular weight excluding hydrogens is 190 g/mol. The summed E-state index contributed by atoms with van der Waals surface area (Å²) < 4.78 is 1.87. The van der Waals surface area contributed by atoms with Gasteiger partial charge in [-0.15, -0.1) is 0 Å². The highest BCUT2D eigenvalue weighted by atomic mass is 16.3. The van der Waals surface area contributed by atoms with Crippen molar-refractivity contribution in [2.24, 2.45) is 7.05 Å². The first-order valence-corrected chi connectivity index (χ1v) is 5.33. The summed E-state index contributed by atoms with van der Waals surface area (Å²) in [6.45, 7) is 6.65. The molecular formula is C11H21N3O. The predicted molar refractivity (Wildman–Crippen MR) is 60.7 cm³/mol. The summed E-state index contributed by atoms with van der Waals surface area (Å²) in [5.74, 6) is 0. The van der Waals surface area contributed by atoms with Crippen LogP contribution < -0.4 is 5.32 Å². The summed E-state index contributed by atoms with van der Waals surface area (Å²) in [5, 5.41) is 17.0. The van der Waals surface area contributed by atoms with Crippen LogP contribution in [0.25, 0.3) is 0 Å². The normalized spacial score (nSPS) is 14.2. The van der Waals surface area contributed by atoms with Crippen LogP contribution in [0.5, 0.6) is 0 Å². The van der Waals surface area contributed by atoms with Gasteiger partial charge in [-0.25, -0.2) is 0 Å². The Balaban J connectivity index is 2.37. The minimum atomic E-state index is -0.357. The average Bonchev–Trinajstić information content (AvgIpc) is 2.51. The SMILES string of the molecule is CC(O)C(C)(C)NCCc1ccnn1C. The van der Waals surface area contributed by atoms with E-state index in [1.54, 1.807) is 13.1 Å². The van der Waals surface area contributed by atoms with Crippen molar-refractivity contribution in [3.8, 4) is 0 Å². The van der Waals surface area contributed by atoms with Gasteiger partial charge in [-0.3, -0.25) is 4.68 Å². The van der Waals surface area contributed by atoms with Crippen LogP contribution in [0.4, 0.5) is 0 Å². The molecule has 1 rings (SSSR count). The Bertz CT molecular complexity index is 305. The molecule has 2 N–H and O–H groups in total. The smallest absolute Gasteiger partial charge is 0.0688 e. The lowest BCUT2D eigenvalue weighted by Crippen LogP contribution is -2.48. The summed E-state index contributed by atoms with van der Waals surface area (Å²) in [6, 6.07) is 2.01. The molecule has 0 radical (unpaired) electrons. The van der Waals surface area contributed by atoms with Crippen molar-refractivity contribution in [1.29, 1.82) is 0 Å². The molecule has 0 fully saturated rings. The zero-order valence-electron chi connectivity index (χ0n) is 9.99. The Hall–Kier alpha value is -0.870. The fourth-order valence-corrected chi connectivity index (χ4v) is 1.31. The molecule has 0 saturated heterocycles. The van der Waals surface area contributed by atoms with Gasteiger partial charge in [0.05, 0.1) is 6.10 Å². The van der Waals surface area contributed by atoms with Crippen molar-refractivity contribution in [1.82, 2.24) is 15.1 Å². The van der Waals surface area contributed by atoms with Gasteiger partial charge < -0.3 is 10.4 Å². The van der Waals surface area contributed by atoms with Gasteiger partial charge in [-0.1, -0.05) is 0 Å². The maximum absolute atomic E-state index is 9.51. The summed E-state index contributed by atoms with van der Waals surface area (Å²) in [7, 11) is 1.94. The Labute approximate surface area is 91.3 Å². The average molecular weight is 211 g/mol. The van der Waals surface area contributed by atoms with E-state index in [9.17, 15) is 5.11 Å². The molecule has 0 aromatic carbocycles. The molecule has 0 aliphatic heterocycles. The van der Waals surface area contributed by atoms with E-state index < -0.39 is 0 Å². The molecule has 0 bridgehead atoms. The summed E-state index contributed by atoms with van der Waals surface area (Å²) in [5.41, 5.74) is 0.961. The molecule has 1 unspecified atom stereocenters. The van der Waals surface area contributed by atoms with Gasteiger partial charge in [0.1, 0.15) is 0 Å². The molecule has 86 valence electrons. The van der Waals surface area contributed by atoms with E-state index in [1.165, 1.54) is 5.69 Å². The highest BCUT2D eigenvalue weighted by Gasteiger charge is 2.22. The number of aliphatic hydroxyl groups excluding tert-OH is 1. The number of hydrogen-bond donors (Lipinski definition) is 2. The van der Waals surface area contributed by atoms with Crippen molar-refractivity contribution >= 4 is 0 Å². The first-order valence-electron chi connectivity index (χ1n) is 5.33. The third kappa shape index (κ3) is 3.32. The maximum Gasteiger partial charge on any atom is 0.0688 e. The number of nitrogens with one attached hydrogen (secondary N) is 1. The fraction of sp³-hybridized carbons (Fsp3) is 0.727. The van der Waals surface area contributed by atoms with E-state index in [4.69, 9.17) is 0 Å². The molecule has 0 aliphatic rings. The maximum atomic E-state index is 9.51. The molecule has 0 aliphatic carbocycles. The molecule has 4 nitrogen and oxygen atoms in total. The molecule has 15 heavy (non-hydrogen) atoms. The standard InChI is InChI=1S/C11H21N3O/c1-9(15)11(2,3)12-7-5-10-6-8-13-14(10)4/h6,8-9,12,15H,5,7H2,1-4H3. The van der Waals surface area contributed by atoms with E-state index in [0.717, 1.165) is 13.0 Å². The van der Waals surface area contributed by atoms with Crippen LogP contribution >= 0.6 is 0 Å². The van der Waals surface area contributed by atoms with Crippen molar-refractivity contribution < 1.29 is 5.11 Å². The second-order valence-electron chi connectivity index (χ2n) is 4.52. The quantitative estimate of drug-likeness (QED) is 0.754. The lowest BCUT2D eigenvalue weighted by atomic mass is 9.99. The van der Waals surface area contributed by atoms with Crippen LogP contribution in [0.15, 0.2) is 12.3 Å². The molecule has 0 spiro atoms. The van der Waals surface area contributed by atoms with E-state index >= 15 is 0 Å². The van der Waals surface area contributed by atoms with Crippen LogP contribution in [0.1, 0.15) is 26.5 Å². The van der Waals surface area contributed by atoms with E-state index in [0.29, 0.717) is 0 Å². The minimum Gasteiger partial charge on any atom is -0.392 e. The molecule has 4 heteroatoms. The molecule has 0 saturated carbocycles. The Morgan fingerprint density at radius 3 is 2.73 bits per heavy atom. The Morgan fingerprint density at radius 1 is 1.60 bits per heavy atom. The van der Waals surface area contributed by atoms with E-state index in [-0.39, 0.29) is 11.6 Å². The number of nitrogens with zero attached hydrogens (tertiary/aromatic N) is 2. The van der Waals surface area contributed by atoms with Gasteiger partial charge in [0, 0.05) is 37.4 Å². The van der Waals surface area contributed by atoms with Crippen molar-refractivity contribution in [2.75, 3.05) is 6.54 Å². The minimum absolute atomic E-state index is 0.238. The molecule has 1 aromatic heterocycles. The summed E-state index contributed by atoms with van der Waals surface area (Å²) in [4.78, 5) is 0. The van der Waals surface area contributed by atoms with Gasteiger partial charge in [-0.05, 0) is 26.8 Å². The van der Waals surface area contributed by atoms with Gasteiger partial charge in [-0.2, -0.15) is 5.10 Å². The largest absolute Gasteiger partial charge is 0.392 e. The molecule has 1 aromatic rings. The highest BCUT2D eigenvalue weighted by Crippen LogP contribution is 2.08. The summed E-state index contributed by atoms with van der Waals surface area (Å²) >= 11 is 0. The topological polar surface area (TPSA) is 50.1 Å². The second kappa shape index (κ2) is 4.77. The second-order valence-corrected chi connectivity index (χ2v) is 4.52. The zero-order valence-corrected chi connectivity index (χ0v) is 9.99. The first kappa shape index (κ1) is 12.2. The predicted octanol–water partition coefficient (Wildman–Crippen LogP) is 0.712. The lowest BCUT2D eigenvalue weighted by Gasteiger charge is -2.29. The van der Waals surface area contributed by atoms with Crippen LogP contribution in [0.3, 0.4) is 0 Å². The van der Waals surface area contributed by atoms with E-state index in [1.807, 2.05) is 31.6 Å². The van der Waals surface area contributed by atoms with Gasteiger partial charge in [0.2, 0.25) is 0 Å². The zero-order chi connectivity index (χ0) is 11.5. The van der Waals surface area contributed by atoms with Gasteiger partial charge in [0.15, 0.2) is 0 Å². The summed E-state index contributed by atoms with van der Waals surface area (Å²) in [6.07, 6.45) is 2.37. The van der Waals surface area contributed by atoms with Crippen LogP contribution in [0, 0.1) is 0 Å². The van der Waals surface area contributed by atoms with Gasteiger partial charge in [0.25, 0.3) is 0 Å². The van der Waals surface area contributed by atoms with Crippen LogP contribution in [-0.2, 0) is 13.5 Å². The fourth-order valence-electron chi connectivity index (χ4n) is 1.31.